The lowest BCUT2D eigenvalue weighted by atomic mass is 10.0. The van der Waals surface area contributed by atoms with Crippen molar-refractivity contribution in [3.8, 4) is 0 Å². The van der Waals surface area contributed by atoms with E-state index in [1.165, 1.54) is 21.9 Å². The number of likely N-dealkylation sites (N-methyl/N-ethyl adjacent to an activating group) is 1. The van der Waals surface area contributed by atoms with Crippen molar-refractivity contribution in [2.45, 2.75) is 32.7 Å². The van der Waals surface area contributed by atoms with Gasteiger partial charge in [-0.1, -0.05) is 31.5 Å². The quantitative estimate of drug-likeness (QED) is 0.792. The molecule has 0 aliphatic heterocycles. The average molecular weight is 312 g/mol. The third-order valence-electron chi connectivity index (χ3n) is 3.26. The topological polar surface area (TPSA) is 12.0 Å². The van der Waals surface area contributed by atoms with E-state index in [4.69, 9.17) is 11.6 Å². The first kappa shape index (κ1) is 15.5. The van der Waals surface area contributed by atoms with E-state index in [0.717, 1.165) is 24.9 Å². The minimum atomic E-state index is -0.289. The molecule has 1 heterocycles. The van der Waals surface area contributed by atoms with Crippen molar-refractivity contribution in [2.75, 3.05) is 6.54 Å². The first-order valence-electron chi connectivity index (χ1n) is 6.90. The zero-order chi connectivity index (χ0) is 14.5. The maximum Gasteiger partial charge on any atom is 0.124 e. The van der Waals surface area contributed by atoms with E-state index in [1.807, 2.05) is 11.3 Å². The van der Waals surface area contributed by atoms with Crippen LogP contribution in [0.5, 0.6) is 0 Å². The van der Waals surface area contributed by atoms with Gasteiger partial charge in [0.05, 0.1) is 0 Å². The zero-order valence-corrected chi connectivity index (χ0v) is 13.3. The Morgan fingerprint density at radius 2 is 2.05 bits per heavy atom. The van der Waals surface area contributed by atoms with E-state index in [9.17, 15) is 4.39 Å². The Hall–Kier alpha value is -0.900. The van der Waals surface area contributed by atoms with Gasteiger partial charge in [0.15, 0.2) is 0 Å². The number of halogens is 2. The smallest absolute Gasteiger partial charge is 0.124 e. The Bertz CT molecular complexity index is 567. The Balaban J connectivity index is 2.20. The fourth-order valence-electron chi connectivity index (χ4n) is 2.20. The molecule has 1 aromatic heterocycles. The Morgan fingerprint density at radius 1 is 1.25 bits per heavy atom. The Kier molecular flexibility index (Phi) is 5.58. The van der Waals surface area contributed by atoms with E-state index in [0.29, 0.717) is 5.02 Å². The minimum Gasteiger partial charge on any atom is -0.309 e. The SMILES string of the molecule is CCNC(Cc1ccc(F)cc1Cl)c1ccc(CC)s1. The van der Waals surface area contributed by atoms with Crippen LogP contribution in [0, 0.1) is 5.82 Å². The van der Waals surface area contributed by atoms with Crippen molar-refractivity contribution in [3.63, 3.8) is 0 Å². The molecule has 108 valence electrons. The van der Waals surface area contributed by atoms with E-state index >= 15 is 0 Å². The highest BCUT2D eigenvalue weighted by atomic mass is 35.5. The summed E-state index contributed by atoms with van der Waals surface area (Å²) in [6, 6.07) is 9.21. The van der Waals surface area contributed by atoms with E-state index < -0.39 is 0 Å². The molecule has 1 unspecified atom stereocenters. The van der Waals surface area contributed by atoms with Crippen molar-refractivity contribution in [1.29, 1.82) is 0 Å². The molecule has 1 N–H and O–H groups in total. The predicted molar refractivity (Wildman–Crippen MR) is 85.2 cm³/mol. The molecular formula is C16H19ClFNS. The van der Waals surface area contributed by atoms with Gasteiger partial charge in [0, 0.05) is 20.8 Å². The third-order valence-corrected chi connectivity index (χ3v) is 4.96. The number of hydrogen-bond donors (Lipinski definition) is 1. The molecule has 0 amide bonds. The second-order valence-electron chi connectivity index (χ2n) is 4.71. The molecule has 4 heteroatoms. The van der Waals surface area contributed by atoms with E-state index in [1.54, 1.807) is 6.07 Å². The molecule has 2 aromatic rings. The van der Waals surface area contributed by atoms with Crippen LogP contribution in [0.25, 0.3) is 0 Å². The van der Waals surface area contributed by atoms with Gasteiger partial charge in [-0.05, 0) is 49.2 Å². The number of benzene rings is 1. The predicted octanol–water partition coefficient (Wildman–Crippen LogP) is 5.00. The second kappa shape index (κ2) is 7.21. The first-order valence-corrected chi connectivity index (χ1v) is 8.09. The van der Waals surface area contributed by atoms with Gasteiger partial charge in [-0.2, -0.15) is 0 Å². The van der Waals surface area contributed by atoms with Crippen LogP contribution >= 0.6 is 22.9 Å². The van der Waals surface area contributed by atoms with Crippen LogP contribution in [0.4, 0.5) is 4.39 Å². The molecule has 0 saturated heterocycles. The highest BCUT2D eigenvalue weighted by Gasteiger charge is 2.15. The van der Waals surface area contributed by atoms with Crippen LogP contribution in [0.1, 0.15) is 35.2 Å². The van der Waals surface area contributed by atoms with Crippen LogP contribution in [-0.2, 0) is 12.8 Å². The summed E-state index contributed by atoms with van der Waals surface area (Å²) in [4.78, 5) is 2.69. The monoisotopic (exact) mass is 311 g/mol. The second-order valence-corrected chi connectivity index (χ2v) is 6.31. The molecule has 0 radical (unpaired) electrons. The van der Waals surface area contributed by atoms with E-state index in [-0.39, 0.29) is 11.9 Å². The summed E-state index contributed by atoms with van der Waals surface area (Å²) in [5.41, 5.74) is 0.977. The normalized spacial score (nSPS) is 12.6. The molecule has 20 heavy (non-hydrogen) atoms. The zero-order valence-electron chi connectivity index (χ0n) is 11.7. The van der Waals surface area contributed by atoms with Crippen molar-refractivity contribution < 1.29 is 4.39 Å². The van der Waals surface area contributed by atoms with Gasteiger partial charge in [-0.25, -0.2) is 4.39 Å². The van der Waals surface area contributed by atoms with Crippen molar-refractivity contribution in [2.24, 2.45) is 0 Å². The van der Waals surface area contributed by atoms with Crippen LogP contribution in [-0.4, -0.2) is 6.54 Å². The molecule has 0 aliphatic rings. The van der Waals surface area contributed by atoms with Gasteiger partial charge >= 0.3 is 0 Å². The third kappa shape index (κ3) is 3.81. The number of nitrogens with one attached hydrogen (secondary N) is 1. The molecule has 0 saturated carbocycles. The largest absolute Gasteiger partial charge is 0.309 e. The highest BCUT2D eigenvalue weighted by molar-refractivity contribution is 7.12. The number of hydrogen-bond acceptors (Lipinski definition) is 2. The Labute approximate surface area is 128 Å². The minimum absolute atomic E-state index is 0.230. The summed E-state index contributed by atoms with van der Waals surface area (Å²) in [6.07, 6.45) is 1.83. The summed E-state index contributed by atoms with van der Waals surface area (Å²) >= 11 is 7.96. The van der Waals surface area contributed by atoms with Crippen molar-refractivity contribution in [3.05, 3.63) is 56.5 Å². The van der Waals surface area contributed by atoms with Crippen LogP contribution in [0.2, 0.25) is 5.02 Å². The van der Waals surface area contributed by atoms with Crippen molar-refractivity contribution >= 4 is 22.9 Å². The number of rotatable bonds is 6. The number of thiophene rings is 1. The fraction of sp³-hybridized carbons (Fsp3) is 0.375. The Morgan fingerprint density at radius 3 is 2.65 bits per heavy atom. The summed E-state index contributed by atoms with van der Waals surface area (Å²) in [7, 11) is 0. The van der Waals surface area contributed by atoms with Gasteiger partial charge in [0.1, 0.15) is 5.82 Å². The molecular weight excluding hydrogens is 293 g/mol. The van der Waals surface area contributed by atoms with Crippen LogP contribution < -0.4 is 5.32 Å². The van der Waals surface area contributed by atoms with Gasteiger partial charge in [0.2, 0.25) is 0 Å². The molecule has 0 bridgehead atoms. The maximum atomic E-state index is 13.1. The maximum absolute atomic E-state index is 13.1. The van der Waals surface area contributed by atoms with Crippen molar-refractivity contribution in [1.82, 2.24) is 5.32 Å². The summed E-state index contributed by atoms with van der Waals surface area (Å²) in [5.74, 6) is -0.289. The van der Waals surface area contributed by atoms with Gasteiger partial charge in [-0.3, -0.25) is 0 Å². The lowest BCUT2D eigenvalue weighted by Crippen LogP contribution is -2.22. The summed E-state index contributed by atoms with van der Waals surface area (Å²) in [5, 5.41) is 3.98. The molecule has 0 spiro atoms. The van der Waals surface area contributed by atoms with Crippen LogP contribution in [0.15, 0.2) is 30.3 Å². The lowest BCUT2D eigenvalue weighted by Gasteiger charge is -2.17. The molecule has 1 aromatic carbocycles. The summed E-state index contributed by atoms with van der Waals surface area (Å²) < 4.78 is 13.1. The average Bonchev–Trinajstić information content (AvgIpc) is 2.90. The molecule has 2 rings (SSSR count). The van der Waals surface area contributed by atoms with Gasteiger partial charge in [-0.15, -0.1) is 11.3 Å². The van der Waals surface area contributed by atoms with Gasteiger partial charge < -0.3 is 5.32 Å². The highest BCUT2D eigenvalue weighted by Crippen LogP contribution is 2.29. The van der Waals surface area contributed by atoms with Crippen LogP contribution in [0.3, 0.4) is 0 Å². The molecule has 0 fully saturated rings. The molecule has 1 atom stereocenters. The molecule has 0 aliphatic carbocycles. The standard InChI is InChI=1S/C16H19ClFNS/c1-3-13-7-8-16(20-13)15(19-4-2)9-11-5-6-12(18)10-14(11)17/h5-8,10,15,19H,3-4,9H2,1-2H3. The summed E-state index contributed by atoms with van der Waals surface area (Å²) in [6.45, 7) is 5.14. The first-order chi connectivity index (χ1) is 9.63. The van der Waals surface area contributed by atoms with Gasteiger partial charge in [0.25, 0.3) is 0 Å². The lowest BCUT2D eigenvalue weighted by molar-refractivity contribution is 0.557. The molecule has 1 nitrogen and oxygen atoms in total. The van der Waals surface area contributed by atoms with E-state index in [2.05, 4.69) is 31.3 Å². The fourth-order valence-corrected chi connectivity index (χ4v) is 3.47. The number of aryl methyl sites for hydroxylation is 1.